The van der Waals surface area contributed by atoms with Crippen LogP contribution in [0.3, 0.4) is 0 Å². The van der Waals surface area contributed by atoms with Crippen LogP contribution in [-0.2, 0) is 15.1 Å². The first-order chi connectivity index (χ1) is 15.8. The molecule has 3 aromatic carbocycles. The number of benzene rings is 3. The maximum absolute atomic E-state index is 14.0. The molecule has 0 heterocycles. The van der Waals surface area contributed by atoms with E-state index in [9.17, 15) is 23.5 Å². The number of nitrogens with zero attached hydrogens (tertiary/aromatic N) is 1. The van der Waals surface area contributed by atoms with Crippen molar-refractivity contribution < 1.29 is 28.2 Å². The summed E-state index contributed by atoms with van der Waals surface area (Å²) in [7, 11) is 0. The maximum atomic E-state index is 14.0. The first kappa shape index (κ1) is 24.4. The molecule has 1 atom stereocenters. The van der Waals surface area contributed by atoms with Gasteiger partial charge in [0.2, 0.25) is 5.91 Å². The highest BCUT2D eigenvalue weighted by atomic mass is 35.5. The lowest BCUT2D eigenvalue weighted by atomic mass is 9.89. The summed E-state index contributed by atoms with van der Waals surface area (Å²) in [6.45, 7) is -0.558. The van der Waals surface area contributed by atoms with Gasteiger partial charge in [-0.3, -0.25) is 4.79 Å². The molecule has 0 fully saturated rings. The van der Waals surface area contributed by atoms with Gasteiger partial charge in [-0.05, 0) is 42.0 Å². The average Bonchev–Trinajstić information content (AvgIpc) is 2.84. The summed E-state index contributed by atoms with van der Waals surface area (Å²) in [5.41, 5.74) is -1.05. The number of esters is 1. The largest absolute Gasteiger partial charge is 0.462 e. The smallest absolute Gasteiger partial charge is 0.338 e. The Morgan fingerprint density at radius 1 is 0.939 bits per heavy atom. The molecule has 5 nitrogen and oxygen atoms in total. The minimum Gasteiger partial charge on any atom is -0.462 e. The summed E-state index contributed by atoms with van der Waals surface area (Å²) in [5.74, 6) is -3.67. The number of aliphatic hydroxyl groups is 1. The van der Waals surface area contributed by atoms with E-state index in [1.807, 2.05) is 0 Å². The zero-order chi connectivity index (χ0) is 23.8. The molecule has 0 saturated carbocycles. The van der Waals surface area contributed by atoms with Crippen LogP contribution in [0.15, 0.2) is 78.9 Å². The minimum atomic E-state index is -1.87. The quantitative estimate of drug-likeness (QED) is 0.362. The lowest BCUT2D eigenvalue weighted by molar-refractivity contribution is -0.117. The summed E-state index contributed by atoms with van der Waals surface area (Å²) in [4.78, 5) is 26.1. The lowest BCUT2D eigenvalue weighted by Crippen LogP contribution is -2.45. The van der Waals surface area contributed by atoms with Crippen LogP contribution in [0.4, 0.5) is 14.5 Å². The number of alkyl halides is 1. The molecular weight excluding hydrogens is 452 g/mol. The van der Waals surface area contributed by atoms with E-state index in [4.69, 9.17) is 16.3 Å². The highest BCUT2D eigenvalue weighted by Gasteiger charge is 2.35. The number of hydrogen-bond acceptors (Lipinski definition) is 4. The number of anilines is 1. The molecule has 0 aliphatic heterocycles. The predicted octanol–water partition coefficient (Wildman–Crippen LogP) is 4.67. The van der Waals surface area contributed by atoms with Crippen molar-refractivity contribution in [1.29, 1.82) is 0 Å². The normalized spacial score (nSPS) is 12.6. The molecule has 1 unspecified atom stereocenters. The average molecular weight is 474 g/mol. The van der Waals surface area contributed by atoms with Crippen molar-refractivity contribution >= 4 is 29.2 Å². The van der Waals surface area contributed by atoms with Gasteiger partial charge >= 0.3 is 5.97 Å². The first-order valence-electron chi connectivity index (χ1n) is 10.2. The monoisotopic (exact) mass is 473 g/mol. The van der Waals surface area contributed by atoms with Gasteiger partial charge in [-0.1, -0.05) is 42.5 Å². The van der Waals surface area contributed by atoms with Gasteiger partial charge < -0.3 is 14.7 Å². The van der Waals surface area contributed by atoms with Crippen molar-refractivity contribution in [1.82, 2.24) is 0 Å². The third kappa shape index (κ3) is 6.15. The third-order valence-electron chi connectivity index (χ3n) is 5.12. The minimum absolute atomic E-state index is 0.0282. The van der Waals surface area contributed by atoms with Crippen LogP contribution in [0.25, 0.3) is 0 Å². The molecule has 33 heavy (non-hydrogen) atoms. The summed E-state index contributed by atoms with van der Waals surface area (Å²) < 4.78 is 32.8. The number of rotatable bonds is 9. The van der Waals surface area contributed by atoms with Gasteiger partial charge in [0.15, 0.2) is 11.6 Å². The number of carbonyl (C=O) groups excluding carboxylic acids is 2. The van der Waals surface area contributed by atoms with Crippen molar-refractivity contribution in [2.75, 3.05) is 23.9 Å². The third-order valence-corrected chi connectivity index (χ3v) is 5.35. The highest BCUT2D eigenvalue weighted by Crippen LogP contribution is 2.30. The number of carbonyl (C=O) groups is 2. The van der Waals surface area contributed by atoms with Crippen LogP contribution >= 0.6 is 11.6 Å². The molecule has 8 heteroatoms. The number of amides is 1. The molecule has 0 aliphatic rings. The van der Waals surface area contributed by atoms with Crippen molar-refractivity contribution in [3.63, 3.8) is 0 Å². The molecule has 1 amide bonds. The summed E-state index contributed by atoms with van der Waals surface area (Å²) in [6.07, 6.45) is -0.185. The Labute approximate surface area is 195 Å². The van der Waals surface area contributed by atoms with Crippen LogP contribution in [0.5, 0.6) is 0 Å². The van der Waals surface area contributed by atoms with Crippen LogP contribution in [0.1, 0.15) is 22.3 Å². The van der Waals surface area contributed by atoms with Crippen molar-refractivity contribution in [2.45, 2.75) is 12.0 Å². The lowest BCUT2D eigenvalue weighted by Gasteiger charge is -2.34. The molecule has 3 rings (SSSR count). The molecule has 0 spiro atoms. The Balaban J connectivity index is 1.88. The fourth-order valence-corrected chi connectivity index (χ4v) is 3.48. The number of halogens is 3. The molecule has 172 valence electrons. The van der Waals surface area contributed by atoms with Crippen LogP contribution in [0, 0.1) is 11.6 Å². The van der Waals surface area contributed by atoms with Gasteiger partial charge in [0.25, 0.3) is 0 Å². The first-order valence-corrected chi connectivity index (χ1v) is 10.7. The second-order valence-corrected chi connectivity index (χ2v) is 7.63. The SMILES string of the molecule is O=C(OCCC(O)(CN(C(=O)CCl)c1ccccc1)c1ccc(F)c(F)c1)c1ccccc1. The van der Waals surface area contributed by atoms with E-state index in [-0.39, 0.29) is 31.0 Å². The fourth-order valence-electron chi connectivity index (χ4n) is 3.34. The van der Waals surface area contributed by atoms with Crippen LogP contribution < -0.4 is 4.90 Å². The number of hydrogen-bond donors (Lipinski definition) is 1. The zero-order valence-electron chi connectivity index (χ0n) is 17.6. The maximum Gasteiger partial charge on any atom is 0.338 e. The second-order valence-electron chi connectivity index (χ2n) is 7.36. The van der Waals surface area contributed by atoms with Gasteiger partial charge in [0.1, 0.15) is 11.5 Å². The second kappa shape index (κ2) is 11.0. The van der Waals surface area contributed by atoms with Gasteiger partial charge in [-0.25, -0.2) is 13.6 Å². The molecule has 0 radical (unpaired) electrons. The Bertz CT molecular complexity index is 1100. The number of ether oxygens (including phenoxy) is 1. The van der Waals surface area contributed by atoms with Gasteiger partial charge in [0, 0.05) is 12.1 Å². The van der Waals surface area contributed by atoms with Gasteiger partial charge in [-0.2, -0.15) is 0 Å². The van der Waals surface area contributed by atoms with Gasteiger partial charge in [-0.15, -0.1) is 11.6 Å². The van der Waals surface area contributed by atoms with E-state index in [2.05, 4.69) is 0 Å². The van der Waals surface area contributed by atoms with E-state index in [0.717, 1.165) is 12.1 Å². The Morgan fingerprint density at radius 3 is 2.18 bits per heavy atom. The number of para-hydroxylation sites is 1. The highest BCUT2D eigenvalue weighted by molar-refractivity contribution is 6.29. The van der Waals surface area contributed by atoms with Crippen LogP contribution in [-0.4, -0.2) is 36.0 Å². The van der Waals surface area contributed by atoms with E-state index < -0.39 is 29.1 Å². The summed E-state index contributed by atoms with van der Waals surface area (Å²) >= 11 is 5.78. The van der Waals surface area contributed by atoms with Crippen molar-refractivity contribution in [3.05, 3.63) is 102 Å². The Morgan fingerprint density at radius 2 is 1.58 bits per heavy atom. The van der Waals surface area contributed by atoms with Crippen molar-refractivity contribution in [3.8, 4) is 0 Å². The van der Waals surface area contributed by atoms with Gasteiger partial charge in [0.05, 0.1) is 18.7 Å². The topological polar surface area (TPSA) is 66.8 Å². The van der Waals surface area contributed by atoms with E-state index in [0.29, 0.717) is 11.3 Å². The Hall–Kier alpha value is -3.29. The molecule has 0 aliphatic carbocycles. The van der Waals surface area contributed by atoms with Crippen molar-refractivity contribution in [2.24, 2.45) is 0 Å². The summed E-state index contributed by atoms with van der Waals surface area (Å²) in [6, 6.07) is 19.8. The van der Waals surface area contributed by atoms with E-state index >= 15 is 0 Å². The molecule has 0 aromatic heterocycles. The molecular formula is C25H22ClF2NO4. The van der Waals surface area contributed by atoms with Crippen LogP contribution in [0.2, 0.25) is 0 Å². The van der Waals surface area contributed by atoms with E-state index in [1.54, 1.807) is 60.7 Å². The molecule has 0 saturated heterocycles. The Kier molecular flexibility index (Phi) is 8.14. The molecule has 0 bridgehead atoms. The zero-order valence-corrected chi connectivity index (χ0v) is 18.3. The van der Waals surface area contributed by atoms with E-state index in [1.165, 1.54) is 11.0 Å². The summed E-state index contributed by atoms with van der Waals surface area (Å²) in [5, 5.41) is 11.5. The standard InChI is InChI=1S/C25H22ClF2NO4/c26-16-23(30)29(20-9-5-2-6-10-20)17-25(32,19-11-12-21(27)22(28)15-19)13-14-33-24(31)18-7-3-1-4-8-18/h1-12,15,32H,13-14,16-17H2. The predicted molar refractivity (Wildman–Crippen MR) is 121 cm³/mol. The molecule has 1 N–H and O–H groups in total. The fraction of sp³-hybridized carbons (Fsp3) is 0.200. The molecule has 3 aromatic rings.